The Balaban J connectivity index is 2.29. The molecule has 0 unspecified atom stereocenters. The topological polar surface area (TPSA) is 81.9 Å². The molecule has 0 bridgehead atoms. The van der Waals surface area contributed by atoms with Crippen LogP contribution in [0.5, 0.6) is 0 Å². The molecule has 1 heterocycles. The Hall–Kier alpha value is -2.94. The van der Waals surface area contributed by atoms with Gasteiger partial charge in [0.05, 0.1) is 11.3 Å². The molecule has 1 amide bonds. The van der Waals surface area contributed by atoms with Gasteiger partial charge in [-0.2, -0.15) is 5.26 Å². The second-order valence-corrected chi connectivity index (χ2v) is 5.76. The molecule has 0 spiro atoms. The number of aromatic nitrogens is 2. The minimum Gasteiger partial charge on any atom is -0.357 e. The fourth-order valence-corrected chi connectivity index (χ4v) is 2.59. The van der Waals surface area contributed by atoms with E-state index in [0.29, 0.717) is 22.8 Å². The summed E-state index contributed by atoms with van der Waals surface area (Å²) in [4.78, 5) is 23.5. The summed E-state index contributed by atoms with van der Waals surface area (Å²) in [5.74, 6) is 0.964. The van der Waals surface area contributed by atoms with Crippen LogP contribution in [0.2, 0.25) is 0 Å². The first-order valence-corrected chi connectivity index (χ1v) is 8.50. The number of anilines is 2. The van der Waals surface area contributed by atoms with Crippen LogP contribution in [0.4, 0.5) is 11.5 Å². The number of nitriles is 1. The Bertz CT molecular complexity index is 776. The largest absolute Gasteiger partial charge is 0.357 e. The molecule has 0 atom stereocenters. The van der Waals surface area contributed by atoms with Gasteiger partial charge in [0.2, 0.25) is 0 Å². The molecular formula is C19H23N5O. The van der Waals surface area contributed by atoms with Crippen molar-refractivity contribution >= 4 is 17.4 Å². The van der Waals surface area contributed by atoms with Gasteiger partial charge in [-0.1, -0.05) is 26.0 Å². The first kappa shape index (κ1) is 18.4. The highest BCUT2D eigenvalue weighted by atomic mass is 16.1. The number of carbonyl (C=O) groups excluding carboxylic acids is 1. The molecule has 0 fully saturated rings. The van der Waals surface area contributed by atoms with Gasteiger partial charge in [0, 0.05) is 19.2 Å². The Morgan fingerprint density at radius 2 is 1.88 bits per heavy atom. The molecule has 2 aromatic rings. The molecule has 2 rings (SSSR count). The summed E-state index contributed by atoms with van der Waals surface area (Å²) in [6.07, 6.45) is 2.00. The predicted molar refractivity (Wildman–Crippen MR) is 98.7 cm³/mol. The van der Waals surface area contributed by atoms with E-state index in [-0.39, 0.29) is 5.91 Å². The summed E-state index contributed by atoms with van der Waals surface area (Å²) in [7, 11) is 0. The number of nitrogens with zero attached hydrogens (tertiary/aromatic N) is 4. The van der Waals surface area contributed by atoms with Crippen molar-refractivity contribution in [2.45, 2.75) is 33.6 Å². The SMILES string of the molecule is CCCN(CCC)c1cc(C(=O)Nc2ccccc2C#N)nc(C)n1. The fourth-order valence-electron chi connectivity index (χ4n) is 2.59. The van der Waals surface area contributed by atoms with E-state index in [0.717, 1.165) is 31.7 Å². The van der Waals surface area contributed by atoms with Crippen molar-refractivity contribution in [2.24, 2.45) is 0 Å². The number of hydrogen-bond donors (Lipinski definition) is 1. The van der Waals surface area contributed by atoms with Crippen molar-refractivity contribution in [3.8, 4) is 6.07 Å². The molecule has 130 valence electrons. The minimum absolute atomic E-state index is 0.299. The number of hydrogen-bond acceptors (Lipinski definition) is 5. The zero-order valence-electron chi connectivity index (χ0n) is 14.9. The lowest BCUT2D eigenvalue weighted by Crippen LogP contribution is -2.27. The number of amides is 1. The number of benzene rings is 1. The van der Waals surface area contributed by atoms with E-state index in [2.05, 4.69) is 40.1 Å². The molecule has 0 saturated carbocycles. The first-order chi connectivity index (χ1) is 12.1. The van der Waals surface area contributed by atoms with Gasteiger partial charge < -0.3 is 10.2 Å². The van der Waals surface area contributed by atoms with Gasteiger partial charge in [-0.15, -0.1) is 0 Å². The number of carbonyl (C=O) groups is 1. The average molecular weight is 337 g/mol. The Morgan fingerprint density at radius 3 is 2.52 bits per heavy atom. The number of nitrogens with one attached hydrogen (secondary N) is 1. The van der Waals surface area contributed by atoms with Crippen LogP contribution in [0.15, 0.2) is 30.3 Å². The van der Waals surface area contributed by atoms with Gasteiger partial charge in [0.15, 0.2) is 0 Å². The van der Waals surface area contributed by atoms with Crippen LogP contribution >= 0.6 is 0 Å². The number of para-hydroxylation sites is 1. The second kappa shape index (κ2) is 8.78. The van der Waals surface area contributed by atoms with E-state index in [1.54, 1.807) is 37.3 Å². The van der Waals surface area contributed by atoms with Crippen molar-refractivity contribution in [3.05, 3.63) is 47.4 Å². The third-order valence-corrected chi connectivity index (χ3v) is 3.66. The summed E-state index contributed by atoms with van der Waals surface area (Å²) < 4.78 is 0. The molecular weight excluding hydrogens is 314 g/mol. The highest BCUT2D eigenvalue weighted by Crippen LogP contribution is 2.17. The van der Waals surface area contributed by atoms with E-state index in [1.165, 1.54) is 0 Å². The van der Waals surface area contributed by atoms with E-state index < -0.39 is 0 Å². The van der Waals surface area contributed by atoms with E-state index in [9.17, 15) is 4.79 Å². The molecule has 1 aromatic carbocycles. The number of rotatable bonds is 7. The van der Waals surface area contributed by atoms with Crippen molar-refractivity contribution in [3.63, 3.8) is 0 Å². The minimum atomic E-state index is -0.345. The van der Waals surface area contributed by atoms with Crippen molar-refractivity contribution in [1.82, 2.24) is 9.97 Å². The number of aryl methyl sites for hydroxylation is 1. The Labute approximate surface area is 148 Å². The van der Waals surface area contributed by atoms with Gasteiger partial charge in [0.1, 0.15) is 23.4 Å². The molecule has 25 heavy (non-hydrogen) atoms. The predicted octanol–water partition coefficient (Wildman–Crippen LogP) is 3.54. The van der Waals surface area contributed by atoms with Gasteiger partial charge in [-0.05, 0) is 31.9 Å². The van der Waals surface area contributed by atoms with Crippen LogP contribution in [0.1, 0.15) is 48.6 Å². The molecule has 0 radical (unpaired) electrons. The lowest BCUT2D eigenvalue weighted by atomic mass is 10.2. The maximum atomic E-state index is 12.6. The lowest BCUT2D eigenvalue weighted by molar-refractivity contribution is 0.102. The molecule has 0 aliphatic rings. The highest BCUT2D eigenvalue weighted by molar-refractivity contribution is 6.04. The van der Waals surface area contributed by atoms with Crippen LogP contribution in [0.25, 0.3) is 0 Å². The van der Waals surface area contributed by atoms with Gasteiger partial charge >= 0.3 is 0 Å². The van der Waals surface area contributed by atoms with Crippen molar-refractivity contribution in [2.75, 3.05) is 23.3 Å². The normalized spacial score (nSPS) is 10.2. The molecule has 6 nitrogen and oxygen atoms in total. The maximum absolute atomic E-state index is 12.6. The summed E-state index contributed by atoms with van der Waals surface area (Å²) in [5.41, 5.74) is 1.19. The standard InChI is InChI=1S/C19H23N5O/c1-4-10-24(11-5-2)18-12-17(21-14(3)22-18)19(25)23-16-9-7-6-8-15(16)13-20/h6-9,12H,4-5,10-11H2,1-3H3,(H,23,25). The van der Waals surface area contributed by atoms with E-state index >= 15 is 0 Å². The molecule has 0 aliphatic heterocycles. The molecule has 1 aromatic heterocycles. The van der Waals surface area contributed by atoms with Crippen LogP contribution in [-0.4, -0.2) is 29.0 Å². The summed E-state index contributed by atoms with van der Waals surface area (Å²) in [5, 5.41) is 11.9. The fraction of sp³-hybridized carbons (Fsp3) is 0.368. The third kappa shape index (κ3) is 4.77. The van der Waals surface area contributed by atoms with Gasteiger partial charge in [-0.25, -0.2) is 9.97 Å². The smallest absolute Gasteiger partial charge is 0.274 e. The van der Waals surface area contributed by atoms with Crippen LogP contribution < -0.4 is 10.2 Å². The zero-order valence-corrected chi connectivity index (χ0v) is 14.9. The Kier molecular flexibility index (Phi) is 6.47. The molecule has 1 N–H and O–H groups in total. The van der Waals surface area contributed by atoms with Gasteiger partial charge in [0.25, 0.3) is 5.91 Å². The molecule has 0 saturated heterocycles. The van der Waals surface area contributed by atoms with Crippen LogP contribution in [-0.2, 0) is 0 Å². The highest BCUT2D eigenvalue weighted by Gasteiger charge is 2.15. The molecule has 6 heteroatoms. The van der Waals surface area contributed by atoms with Crippen LogP contribution in [0.3, 0.4) is 0 Å². The monoisotopic (exact) mass is 337 g/mol. The van der Waals surface area contributed by atoms with E-state index in [4.69, 9.17) is 5.26 Å². The average Bonchev–Trinajstić information content (AvgIpc) is 2.61. The first-order valence-electron chi connectivity index (χ1n) is 8.50. The van der Waals surface area contributed by atoms with Crippen molar-refractivity contribution in [1.29, 1.82) is 5.26 Å². The zero-order chi connectivity index (χ0) is 18.2. The molecule has 0 aliphatic carbocycles. The third-order valence-electron chi connectivity index (χ3n) is 3.66. The summed E-state index contributed by atoms with van der Waals surface area (Å²) in [6, 6.07) is 10.7. The summed E-state index contributed by atoms with van der Waals surface area (Å²) >= 11 is 0. The quantitative estimate of drug-likeness (QED) is 0.835. The maximum Gasteiger partial charge on any atom is 0.274 e. The Morgan fingerprint density at radius 1 is 1.20 bits per heavy atom. The lowest BCUT2D eigenvalue weighted by Gasteiger charge is -2.23. The van der Waals surface area contributed by atoms with Crippen LogP contribution in [0, 0.1) is 18.3 Å². The van der Waals surface area contributed by atoms with Gasteiger partial charge in [-0.3, -0.25) is 4.79 Å². The second-order valence-electron chi connectivity index (χ2n) is 5.76. The van der Waals surface area contributed by atoms with E-state index in [1.807, 2.05) is 0 Å². The summed E-state index contributed by atoms with van der Waals surface area (Å²) in [6.45, 7) is 7.76. The van der Waals surface area contributed by atoms with Crippen molar-refractivity contribution < 1.29 is 4.79 Å².